The van der Waals surface area contributed by atoms with E-state index in [9.17, 15) is 18.0 Å². The first-order valence-corrected chi connectivity index (χ1v) is 8.97. The topological polar surface area (TPSA) is 72.6 Å². The fraction of sp³-hybridized carbons (Fsp3) is 0.375. The highest BCUT2D eigenvalue weighted by Crippen LogP contribution is 2.37. The lowest BCUT2D eigenvalue weighted by Gasteiger charge is -2.20. The van der Waals surface area contributed by atoms with Crippen molar-refractivity contribution in [3.63, 3.8) is 0 Å². The molecule has 0 fully saturated rings. The predicted octanol–water partition coefficient (Wildman–Crippen LogP) is 4.93. The van der Waals surface area contributed by atoms with Gasteiger partial charge in [-0.2, -0.15) is 18.3 Å². The summed E-state index contributed by atoms with van der Waals surface area (Å²) in [4.78, 5) is 21.1. The van der Waals surface area contributed by atoms with Gasteiger partial charge in [0.25, 0.3) is 0 Å². The molecule has 7 nitrogen and oxygen atoms in total. The van der Waals surface area contributed by atoms with Crippen LogP contribution in [0.3, 0.4) is 0 Å². The van der Waals surface area contributed by atoms with Crippen LogP contribution in [-0.4, -0.2) is 38.0 Å². The summed E-state index contributed by atoms with van der Waals surface area (Å²) in [5.41, 5.74) is -1.50. The van der Waals surface area contributed by atoms with E-state index in [1.165, 1.54) is 30.5 Å². The summed E-state index contributed by atoms with van der Waals surface area (Å²) < 4.78 is 41.2. The molecule has 0 aliphatic heterocycles. The Morgan fingerprint density at radius 1 is 1.32 bits per heavy atom. The van der Waals surface area contributed by atoms with Gasteiger partial charge in [0, 0.05) is 17.4 Å². The number of hydrogen-bond donors (Lipinski definition) is 0. The van der Waals surface area contributed by atoms with Gasteiger partial charge in [-0.25, -0.2) is 18.8 Å². The highest BCUT2D eigenvalue weighted by atomic mass is 35.5. The van der Waals surface area contributed by atoms with Crippen LogP contribution < -0.4 is 0 Å². The van der Waals surface area contributed by atoms with E-state index in [-0.39, 0.29) is 4.90 Å². The predicted molar refractivity (Wildman–Crippen MR) is 98.9 cm³/mol. The summed E-state index contributed by atoms with van der Waals surface area (Å²) in [6.07, 6.45) is -2.77. The zero-order valence-electron chi connectivity index (χ0n) is 15.4. The Kier molecular flexibility index (Phi) is 6.60. The second-order valence-electron chi connectivity index (χ2n) is 6.59. The highest BCUT2D eigenvalue weighted by molar-refractivity contribution is 7.97. The molecule has 152 valence electrons. The zero-order chi connectivity index (χ0) is 21.1. The molecular weight excluding hydrogens is 419 g/mol. The fourth-order valence-electron chi connectivity index (χ4n) is 1.95. The molecule has 0 aliphatic rings. The minimum Gasteiger partial charge on any atom is -0.295 e. The van der Waals surface area contributed by atoms with Crippen molar-refractivity contribution in [1.29, 1.82) is 0 Å². The van der Waals surface area contributed by atoms with Crippen molar-refractivity contribution in [3.8, 4) is 0 Å². The fourth-order valence-corrected chi connectivity index (χ4v) is 2.90. The molecule has 0 N–H and O–H groups in total. The number of carbonyl (C=O) groups excluding carboxylic acids is 1. The van der Waals surface area contributed by atoms with Crippen LogP contribution in [-0.2, 0) is 11.0 Å². The largest absolute Gasteiger partial charge is 0.446 e. The molecule has 1 amide bonds. The normalized spacial score (nSPS) is 12.8. The Morgan fingerprint density at radius 3 is 2.54 bits per heavy atom. The highest BCUT2D eigenvalue weighted by Gasteiger charge is 2.33. The molecule has 12 heteroatoms. The van der Waals surface area contributed by atoms with Crippen LogP contribution >= 0.6 is 23.5 Å². The van der Waals surface area contributed by atoms with E-state index in [2.05, 4.69) is 15.2 Å². The third-order valence-corrected chi connectivity index (χ3v) is 4.48. The molecule has 0 bridgehead atoms. The van der Waals surface area contributed by atoms with Crippen LogP contribution in [0, 0.1) is 5.41 Å². The van der Waals surface area contributed by atoms with Crippen molar-refractivity contribution in [2.75, 3.05) is 7.05 Å². The Bertz CT molecular complexity index is 866. The van der Waals surface area contributed by atoms with E-state index < -0.39 is 28.3 Å². The third-order valence-electron chi connectivity index (χ3n) is 3.26. The van der Waals surface area contributed by atoms with E-state index in [4.69, 9.17) is 16.4 Å². The van der Waals surface area contributed by atoms with Gasteiger partial charge in [0.2, 0.25) is 0 Å². The molecule has 28 heavy (non-hydrogen) atoms. The molecule has 1 aromatic heterocycles. The van der Waals surface area contributed by atoms with Gasteiger partial charge in [-0.05, 0) is 30.1 Å². The van der Waals surface area contributed by atoms with Crippen LogP contribution in [0.25, 0.3) is 0 Å². The van der Waals surface area contributed by atoms with Crippen LogP contribution in [0.2, 0.25) is 5.02 Å². The first-order valence-electron chi connectivity index (χ1n) is 7.82. The molecule has 2 aromatic rings. The molecular formula is C16H17ClF3N5O2S. The monoisotopic (exact) mass is 435 g/mol. The Labute approximate surface area is 168 Å². The van der Waals surface area contributed by atoms with E-state index >= 15 is 0 Å². The van der Waals surface area contributed by atoms with Crippen LogP contribution in [0.1, 0.15) is 26.3 Å². The summed E-state index contributed by atoms with van der Waals surface area (Å²) in [6.45, 7) is 5.52. The number of benzene rings is 1. The number of halogens is 4. The average Bonchev–Trinajstić information content (AvgIpc) is 3.08. The molecule has 0 spiro atoms. The first kappa shape index (κ1) is 22.0. The van der Waals surface area contributed by atoms with Gasteiger partial charge in [0.1, 0.15) is 12.7 Å². The second-order valence-corrected chi connectivity index (χ2v) is 8.20. The van der Waals surface area contributed by atoms with Gasteiger partial charge in [0.05, 0.1) is 10.6 Å². The van der Waals surface area contributed by atoms with E-state index in [1.54, 1.807) is 0 Å². The van der Waals surface area contributed by atoms with E-state index in [0.717, 1.165) is 28.4 Å². The van der Waals surface area contributed by atoms with Crippen molar-refractivity contribution in [3.05, 3.63) is 41.4 Å². The molecule has 0 aliphatic carbocycles. The smallest absolute Gasteiger partial charge is 0.295 e. The van der Waals surface area contributed by atoms with Gasteiger partial charge in [0.15, 0.2) is 5.84 Å². The SMILES string of the molecule is CN(Sc1ccc(Cl)c(C(F)(F)F)c1)C(=O)ON=C(n1cncn1)C(C)(C)C. The Balaban J connectivity index is 2.13. The van der Waals surface area contributed by atoms with Crippen molar-refractivity contribution >= 4 is 35.5 Å². The molecule has 1 aromatic carbocycles. The van der Waals surface area contributed by atoms with Crippen LogP contribution in [0.4, 0.5) is 18.0 Å². The number of aromatic nitrogens is 3. The van der Waals surface area contributed by atoms with Gasteiger partial charge in [-0.1, -0.05) is 37.5 Å². The van der Waals surface area contributed by atoms with Gasteiger partial charge >= 0.3 is 12.3 Å². The Morgan fingerprint density at radius 2 is 2.00 bits per heavy atom. The zero-order valence-corrected chi connectivity index (χ0v) is 16.9. The second kappa shape index (κ2) is 8.39. The van der Waals surface area contributed by atoms with Crippen molar-refractivity contribution in [2.45, 2.75) is 31.8 Å². The molecule has 0 unspecified atom stereocenters. The number of carbonyl (C=O) groups is 1. The quantitative estimate of drug-likeness (QED) is 0.224. The van der Waals surface area contributed by atoms with Crippen molar-refractivity contribution in [2.24, 2.45) is 10.6 Å². The third kappa shape index (κ3) is 5.61. The van der Waals surface area contributed by atoms with Crippen LogP contribution in [0.15, 0.2) is 40.9 Å². The number of amides is 1. The standard InChI is InChI=1S/C16H17ClF3N5O2S/c1-15(2,3)13(25-9-21-8-22-25)23-27-14(26)24(4)28-10-5-6-12(17)11(7-10)16(18,19)20/h5-9H,1-4H3. The maximum atomic E-state index is 13.0. The summed E-state index contributed by atoms with van der Waals surface area (Å²) in [6, 6.07) is 3.34. The number of alkyl halides is 3. The summed E-state index contributed by atoms with van der Waals surface area (Å²) >= 11 is 6.33. The summed E-state index contributed by atoms with van der Waals surface area (Å²) in [5, 5.41) is 7.38. The lowest BCUT2D eigenvalue weighted by Crippen LogP contribution is -2.30. The first-order chi connectivity index (χ1) is 12.9. The number of rotatable bonds is 3. The van der Waals surface area contributed by atoms with E-state index in [1.807, 2.05) is 20.8 Å². The van der Waals surface area contributed by atoms with Crippen molar-refractivity contribution in [1.82, 2.24) is 19.1 Å². The molecule has 1 heterocycles. The number of hydrogen-bond acceptors (Lipinski definition) is 6. The Hall–Kier alpha value is -2.27. The molecule has 0 saturated carbocycles. The molecule has 2 rings (SSSR count). The van der Waals surface area contributed by atoms with Crippen molar-refractivity contribution < 1.29 is 22.8 Å². The average molecular weight is 436 g/mol. The summed E-state index contributed by atoms with van der Waals surface area (Å²) in [7, 11) is 1.34. The van der Waals surface area contributed by atoms with E-state index in [0.29, 0.717) is 5.84 Å². The summed E-state index contributed by atoms with van der Waals surface area (Å²) in [5.74, 6) is 0.322. The maximum Gasteiger partial charge on any atom is 0.446 e. The lowest BCUT2D eigenvalue weighted by molar-refractivity contribution is -0.137. The minimum absolute atomic E-state index is 0.160. The molecule has 0 radical (unpaired) electrons. The number of oxime groups is 1. The van der Waals surface area contributed by atoms with Gasteiger partial charge in [-0.3, -0.25) is 4.84 Å². The van der Waals surface area contributed by atoms with Gasteiger partial charge < -0.3 is 0 Å². The van der Waals surface area contributed by atoms with Gasteiger partial charge in [-0.15, -0.1) is 0 Å². The molecule has 0 atom stereocenters. The van der Waals surface area contributed by atoms with Crippen LogP contribution in [0.5, 0.6) is 0 Å². The molecule has 0 saturated heterocycles. The number of nitrogens with zero attached hydrogens (tertiary/aromatic N) is 5. The maximum absolute atomic E-state index is 13.0. The minimum atomic E-state index is -4.60. The lowest BCUT2D eigenvalue weighted by atomic mass is 9.95.